The molecule has 2 unspecified atom stereocenters. The van der Waals surface area contributed by atoms with Crippen molar-refractivity contribution in [2.24, 2.45) is 5.92 Å². The zero-order chi connectivity index (χ0) is 15.4. The van der Waals surface area contributed by atoms with Crippen molar-refractivity contribution in [3.63, 3.8) is 0 Å². The highest BCUT2D eigenvalue weighted by Gasteiger charge is 2.33. The lowest BCUT2D eigenvalue weighted by Gasteiger charge is -2.18. The first-order valence-corrected chi connectivity index (χ1v) is 9.48. The molecule has 4 nitrogen and oxygen atoms in total. The van der Waals surface area contributed by atoms with Gasteiger partial charge in [0.05, 0.1) is 15.8 Å². The van der Waals surface area contributed by atoms with E-state index in [-0.39, 0.29) is 10.3 Å². The van der Waals surface area contributed by atoms with E-state index in [2.05, 4.69) is 16.5 Å². The Kier molecular flexibility index (Phi) is 3.53. The Balaban J connectivity index is 2.32. The van der Waals surface area contributed by atoms with Gasteiger partial charge in [-0.05, 0) is 44.7 Å². The molecule has 3 rings (SSSR count). The highest BCUT2D eigenvalue weighted by molar-refractivity contribution is 7.91. The Bertz CT molecular complexity index is 791. The van der Waals surface area contributed by atoms with E-state index in [1.165, 1.54) is 19.1 Å². The van der Waals surface area contributed by atoms with Gasteiger partial charge < -0.3 is 4.57 Å². The zero-order valence-electron chi connectivity index (χ0n) is 12.4. The molecule has 1 aliphatic carbocycles. The third-order valence-corrected chi connectivity index (χ3v) is 5.50. The standard InChI is InChI=1S/C15H19ClN2O2S/c1-9(16)15-17-14-12(18(15)10(2)11-7-8-11)5-4-6-13(14)21(3,19)20/h4-6,9-11H,7-8H2,1-3H3. The second-order valence-corrected chi connectivity index (χ2v) is 8.57. The van der Waals surface area contributed by atoms with Crippen LogP contribution in [0.25, 0.3) is 11.0 Å². The summed E-state index contributed by atoms with van der Waals surface area (Å²) in [4.78, 5) is 4.84. The van der Waals surface area contributed by atoms with Crippen molar-refractivity contribution in [2.45, 2.75) is 43.0 Å². The van der Waals surface area contributed by atoms with Gasteiger partial charge in [-0.3, -0.25) is 0 Å². The maximum Gasteiger partial charge on any atom is 0.177 e. The predicted octanol–water partition coefficient (Wildman–Crippen LogP) is 3.71. The number of imidazole rings is 1. The number of alkyl halides is 1. The van der Waals surface area contributed by atoms with Gasteiger partial charge in [0.1, 0.15) is 11.3 Å². The zero-order valence-corrected chi connectivity index (χ0v) is 13.9. The lowest BCUT2D eigenvalue weighted by Crippen LogP contribution is -2.11. The fourth-order valence-electron chi connectivity index (χ4n) is 2.91. The molecule has 6 heteroatoms. The first kappa shape index (κ1) is 14.9. The first-order chi connectivity index (χ1) is 9.80. The van der Waals surface area contributed by atoms with Crippen LogP contribution in [0, 0.1) is 5.92 Å². The summed E-state index contributed by atoms with van der Waals surface area (Å²) >= 11 is 6.28. The second-order valence-electron chi connectivity index (χ2n) is 5.93. The number of halogens is 1. The van der Waals surface area contributed by atoms with E-state index >= 15 is 0 Å². The Morgan fingerprint density at radius 3 is 2.52 bits per heavy atom. The van der Waals surface area contributed by atoms with Crippen LogP contribution in [0.4, 0.5) is 0 Å². The summed E-state index contributed by atoms with van der Waals surface area (Å²) < 4.78 is 26.1. The molecule has 0 spiro atoms. The number of benzene rings is 1. The minimum atomic E-state index is -3.31. The molecule has 0 saturated heterocycles. The van der Waals surface area contributed by atoms with Gasteiger partial charge in [-0.1, -0.05) is 6.07 Å². The molecule has 0 radical (unpaired) electrons. The van der Waals surface area contributed by atoms with Gasteiger partial charge in [0, 0.05) is 12.3 Å². The van der Waals surface area contributed by atoms with Crippen LogP contribution >= 0.6 is 11.6 Å². The van der Waals surface area contributed by atoms with Crippen molar-refractivity contribution in [2.75, 3.05) is 6.26 Å². The maximum atomic E-state index is 12.0. The molecule has 1 aromatic carbocycles. The lowest BCUT2D eigenvalue weighted by atomic mass is 10.2. The fraction of sp³-hybridized carbons (Fsp3) is 0.533. The number of aromatic nitrogens is 2. The Hall–Kier alpha value is -1.07. The van der Waals surface area contributed by atoms with E-state index in [1.54, 1.807) is 12.1 Å². The van der Waals surface area contributed by atoms with Gasteiger partial charge in [-0.25, -0.2) is 13.4 Å². The van der Waals surface area contributed by atoms with Gasteiger partial charge in [-0.2, -0.15) is 0 Å². The number of nitrogens with zero attached hydrogens (tertiary/aromatic N) is 2. The number of fused-ring (bicyclic) bond motifs is 1. The minimum Gasteiger partial charge on any atom is -0.324 e. The average Bonchev–Trinajstić information content (AvgIpc) is 3.15. The Labute approximate surface area is 130 Å². The molecular weight excluding hydrogens is 308 g/mol. The molecule has 0 N–H and O–H groups in total. The molecule has 2 atom stereocenters. The summed E-state index contributed by atoms with van der Waals surface area (Å²) in [5.74, 6) is 1.39. The van der Waals surface area contributed by atoms with Crippen LogP contribution in [0.15, 0.2) is 23.1 Å². The monoisotopic (exact) mass is 326 g/mol. The van der Waals surface area contributed by atoms with Crippen molar-refractivity contribution in [3.8, 4) is 0 Å². The normalized spacial score (nSPS) is 18.9. The summed E-state index contributed by atoms with van der Waals surface area (Å²) in [7, 11) is -3.31. The van der Waals surface area contributed by atoms with Crippen LogP contribution in [0.1, 0.15) is 43.9 Å². The topological polar surface area (TPSA) is 52.0 Å². The smallest absolute Gasteiger partial charge is 0.177 e. The molecule has 1 aliphatic rings. The molecule has 1 fully saturated rings. The van der Waals surface area contributed by atoms with Crippen LogP contribution in [-0.2, 0) is 9.84 Å². The van der Waals surface area contributed by atoms with Gasteiger partial charge >= 0.3 is 0 Å². The highest BCUT2D eigenvalue weighted by Crippen LogP contribution is 2.43. The van der Waals surface area contributed by atoms with Crippen LogP contribution in [0.2, 0.25) is 0 Å². The SMILES string of the molecule is CC(Cl)c1nc2c(S(C)(=O)=O)cccc2n1C(C)C1CC1. The highest BCUT2D eigenvalue weighted by atomic mass is 35.5. The molecule has 0 bridgehead atoms. The molecule has 114 valence electrons. The van der Waals surface area contributed by atoms with E-state index in [0.717, 1.165) is 11.3 Å². The summed E-state index contributed by atoms with van der Waals surface area (Å²) in [6, 6.07) is 5.61. The van der Waals surface area contributed by atoms with Crippen molar-refractivity contribution < 1.29 is 8.42 Å². The molecule has 1 heterocycles. The molecule has 0 aliphatic heterocycles. The van der Waals surface area contributed by atoms with E-state index in [0.29, 0.717) is 17.5 Å². The van der Waals surface area contributed by atoms with Gasteiger partial charge in [-0.15, -0.1) is 11.6 Å². The predicted molar refractivity (Wildman–Crippen MR) is 84.5 cm³/mol. The second kappa shape index (κ2) is 4.99. The summed E-state index contributed by atoms with van der Waals surface area (Å²) in [6.07, 6.45) is 3.64. The quantitative estimate of drug-likeness (QED) is 0.805. The molecule has 2 aromatic rings. The minimum absolute atomic E-state index is 0.258. The molecule has 21 heavy (non-hydrogen) atoms. The lowest BCUT2D eigenvalue weighted by molar-refractivity contribution is 0.480. The fourth-order valence-corrected chi connectivity index (χ4v) is 3.89. The summed E-state index contributed by atoms with van der Waals surface area (Å²) in [5, 5.41) is -0.258. The van der Waals surface area contributed by atoms with E-state index in [4.69, 9.17) is 11.6 Å². The molecular formula is C15H19ClN2O2S. The van der Waals surface area contributed by atoms with Gasteiger partial charge in [0.2, 0.25) is 0 Å². The van der Waals surface area contributed by atoms with Gasteiger partial charge in [0.25, 0.3) is 0 Å². The van der Waals surface area contributed by atoms with Crippen molar-refractivity contribution >= 4 is 32.5 Å². The van der Waals surface area contributed by atoms with Crippen LogP contribution in [0.3, 0.4) is 0 Å². The summed E-state index contributed by atoms with van der Waals surface area (Å²) in [5.41, 5.74) is 1.40. The van der Waals surface area contributed by atoms with E-state index in [1.807, 2.05) is 13.0 Å². The Morgan fingerprint density at radius 1 is 1.33 bits per heavy atom. The third kappa shape index (κ3) is 2.57. The van der Waals surface area contributed by atoms with E-state index in [9.17, 15) is 8.42 Å². The number of sulfone groups is 1. The number of para-hydroxylation sites is 1. The number of hydrogen-bond donors (Lipinski definition) is 0. The largest absolute Gasteiger partial charge is 0.324 e. The van der Waals surface area contributed by atoms with Gasteiger partial charge in [0.15, 0.2) is 9.84 Å². The van der Waals surface area contributed by atoms with Crippen LogP contribution in [0.5, 0.6) is 0 Å². The van der Waals surface area contributed by atoms with Crippen LogP contribution < -0.4 is 0 Å². The van der Waals surface area contributed by atoms with Crippen molar-refractivity contribution in [3.05, 3.63) is 24.0 Å². The Morgan fingerprint density at radius 2 is 2.00 bits per heavy atom. The average molecular weight is 327 g/mol. The first-order valence-electron chi connectivity index (χ1n) is 7.15. The molecule has 1 saturated carbocycles. The van der Waals surface area contributed by atoms with E-state index < -0.39 is 9.84 Å². The molecule has 0 amide bonds. The van der Waals surface area contributed by atoms with Crippen molar-refractivity contribution in [1.82, 2.24) is 9.55 Å². The number of rotatable bonds is 4. The number of hydrogen-bond acceptors (Lipinski definition) is 3. The third-order valence-electron chi connectivity index (χ3n) is 4.18. The maximum absolute atomic E-state index is 12.0. The van der Waals surface area contributed by atoms with Crippen LogP contribution in [-0.4, -0.2) is 24.2 Å². The summed E-state index contributed by atoms with van der Waals surface area (Å²) in [6.45, 7) is 4.04. The molecule has 1 aromatic heterocycles. The van der Waals surface area contributed by atoms with Crippen molar-refractivity contribution in [1.29, 1.82) is 0 Å².